The Morgan fingerprint density at radius 2 is 2.00 bits per heavy atom. The highest BCUT2D eigenvalue weighted by molar-refractivity contribution is 5.80. The Labute approximate surface area is 145 Å². The van der Waals surface area contributed by atoms with E-state index in [0.29, 0.717) is 31.9 Å². The number of nitrogens with zero attached hydrogens (tertiary/aromatic N) is 1. The van der Waals surface area contributed by atoms with E-state index in [1.807, 2.05) is 29.2 Å². The van der Waals surface area contributed by atoms with Crippen LogP contribution in [0, 0.1) is 5.82 Å². The smallest absolute Gasteiger partial charge is 0.234 e. The average molecular weight is 344 g/mol. The van der Waals surface area contributed by atoms with Gasteiger partial charge in [-0.05, 0) is 41.8 Å². The van der Waals surface area contributed by atoms with Gasteiger partial charge in [-0.15, -0.1) is 0 Å². The molecule has 5 nitrogen and oxygen atoms in total. The molecule has 3 rings (SSSR count). The quantitative estimate of drug-likeness (QED) is 0.838. The van der Waals surface area contributed by atoms with Gasteiger partial charge in [0.05, 0.1) is 12.1 Å². The van der Waals surface area contributed by atoms with Crippen molar-refractivity contribution in [3.8, 4) is 5.75 Å². The molecule has 2 aromatic rings. The van der Waals surface area contributed by atoms with E-state index in [2.05, 4.69) is 0 Å². The molecule has 3 N–H and O–H groups in total. The summed E-state index contributed by atoms with van der Waals surface area (Å²) in [5, 5.41) is 9.74. The minimum atomic E-state index is -0.522. The highest BCUT2D eigenvalue weighted by atomic mass is 19.1. The molecule has 25 heavy (non-hydrogen) atoms. The third kappa shape index (κ3) is 4.55. The fraction of sp³-hybridized carbons (Fsp3) is 0.316. The number of aliphatic hydroxyl groups is 1. The number of likely N-dealkylation sites (tertiary alicyclic amines) is 1. The van der Waals surface area contributed by atoms with Crippen LogP contribution >= 0.6 is 0 Å². The van der Waals surface area contributed by atoms with Gasteiger partial charge >= 0.3 is 0 Å². The second-order valence-corrected chi connectivity index (χ2v) is 6.30. The molecule has 1 heterocycles. The lowest BCUT2D eigenvalue weighted by molar-refractivity contribution is -0.122. The number of halogens is 1. The summed E-state index contributed by atoms with van der Waals surface area (Å²) < 4.78 is 18.8. The molecule has 1 aliphatic rings. The number of hydrogen-bond acceptors (Lipinski definition) is 4. The van der Waals surface area contributed by atoms with E-state index in [9.17, 15) is 14.3 Å². The Hall–Kier alpha value is -2.44. The number of primary amides is 1. The number of hydrogen-bond donors (Lipinski definition) is 2. The van der Waals surface area contributed by atoms with Crippen molar-refractivity contribution in [2.75, 3.05) is 6.54 Å². The Kier molecular flexibility index (Phi) is 5.31. The molecule has 0 aromatic heterocycles. The minimum absolute atomic E-state index is 0.284. The van der Waals surface area contributed by atoms with Gasteiger partial charge in [0.1, 0.15) is 18.2 Å². The molecule has 0 saturated carbocycles. The zero-order valence-corrected chi connectivity index (χ0v) is 13.8. The number of aliphatic hydroxyl groups excluding tert-OH is 1. The lowest BCUT2D eigenvalue weighted by Crippen LogP contribution is -2.39. The second-order valence-electron chi connectivity index (χ2n) is 6.30. The topological polar surface area (TPSA) is 75.8 Å². The highest BCUT2D eigenvalue weighted by Gasteiger charge is 2.34. The maximum Gasteiger partial charge on any atom is 0.234 e. The average Bonchev–Trinajstić information content (AvgIpc) is 2.95. The number of benzene rings is 2. The predicted molar refractivity (Wildman–Crippen MR) is 91.2 cm³/mol. The van der Waals surface area contributed by atoms with Crippen molar-refractivity contribution in [2.24, 2.45) is 5.73 Å². The summed E-state index contributed by atoms with van der Waals surface area (Å²) in [5.41, 5.74) is 7.16. The Morgan fingerprint density at radius 3 is 2.68 bits per heavy atom. The molecule has 132 valence electrons. The Bertz CT molecular complexity index is 736. The van der Waals surface area contributed by atoms with Crippen LogP contribution in [0.1, 0.15) is 17.5 Å². The number of carbonyl (C=O) groups excluding carboxylic acids is 1. The van der Waals surface area contributed by atoms with Crippen LogP contribution < -0.4 is 10.5 Å². The van der Waals surface area contributed by atoms with Crippen LogP contribution in [0.3, 0.4) is 0 Å². The summed E-state index contributed by atoms with van der Waals surface area (Å²) in [6.07, 6.45) is -0.143. The summed E-state index contributed by atoms with van der Waals surface area (Å²) in [7, 11) is 0. The molecule has 0 aliphatic carbocycles. The molecule has 1 amide bonds. The monoisotopic (exact) mass is 344 g/mol. The van der Waals surface area contributed by atoms with Gasteiger partial charge in [-0.3, -0.25) is 9.69 Å². The van der Waals surface area contributed by atoms with Crippen LogP contribution in [0.5, 0.6) is 5.75 Å². The Balaban J connectivity index is 1.58. The molecule has 6 heteroatoms. The van der Waals surface area contributed by atoms with Crippen LogP contribution in [0.25, 0.3) is 0 Å². The van der Waals surface area contributed by atoms with Gasteiger partial charge in [0.25, 0.3) is 0 Å². The zero-order valence-electron chi connectivity index (χ0n) is 13.8. The lowest BCUT2D eigenvalue weighted by Gasteiger charge is -2.21. The van der Waals surface area contributed by atoms with Crippen LogP contribution in [0.4, 0.5) is 4.39 Å². The summed E-state index contributed by atoms with van der Waals surface area (Å²) in [6.45, 7) is 1.26. The maximum atomic E-state index is 13.1. The van der Waals surface area contributed by atoms with Crippen molar-refractivity contribution in [2.45, 2.75) is 31.7 Å². The molecule has 1 fully saturated rings. The summed E-state index contributed by atoms with van der Waals surface area (Å²) in [6, 6.07) is 13.3. The number of rotatable bonds is 6. The first kappa shape index (κ1) is 17.4. The first-order valence-corrected chi connectivity index (χ1v) is 8.19. The van der Waals surface area contributed by atoms with Crippen LogP contribution in [0.15, 0.2) is 48.5 Å². The van der Waals surface area contributed by atoms with Gasteiger partial charge < -0.3 is 15.6 Å². The fourth-order valence-corrected chi connectivity index (χ4v) is 3.07. The lowest BCUT2D eigenvalue weighted by atomic mass is 10.1. The molecule has 0 radical (unpaired) electrons. The van der Waals surface area contributed by atoms with E-state index in [1.54, 1.807) is 12.1 Å². The standard InChI is InChI=1S/C19H21FN2O3/c20-15-3-1-2-14(8-15)12-25-17-6-4-13(5-7-17)10-22-11-16(23)9-18(22)19(21)24/h1-8,16,18,23H,9-12H2,(H2,21,24). The van der Waals surface area contributed by atoms with Crippen molar-refractivity contribution >= 4 is 5.91 Å². The van der Waals surface area contributed by atoms with Crippen LogP contribution in [-0.4, -0.2) is 34.6 Å². The van der Waals surface area contributed by atoms with E-state index in [0.717, 1.165) is 11.1 Å². The van der Waals surface area contributed by atoms with Crippen LogP contribution in [0.2, 0.25) is 0 Å². The Morgan fingerprint density at radius 1 is 1.24 bits per heavy atom. The van der Waals surface area contributed by atoms with Crippen molar-refractivity contribution in [1.29, 1.82) is 0 Å². The normalized spacial score (nSPS) is 20.6. The number of carbonyl (C=O) groups is 1. The van der Waals surface area contributed by atoms with Crippen molar-refractivity contribution in [1.82, 2.24) is 4.90 Å². The van der Waals surface area contributed by atoms with Crippen molar-refractivity contribution in [3.63, 3.8) is 0 Å². The number of β-amino-alcohol motifs (C(OH)–C–C–N with tert-alkyl or cyclic N) is 1. The third-order valence-electron chi connectivity index (χ3n) is 4.31. The summed E-state index contributed by atoms with van der Waals surface area (Å²) >= 11 is 0. The van der Waals surface area contributed by atoms with Gasteiger partial charge in [0, 0.05) is 13.1 Å². The van der Waals surface area contributed by atoms with E-state index in [-0.39, 0.29) is 5.82 Å². The van der Waals surface area contributed by atoms with Gasteiger partial charge in [0.15, 0.2) is 0 Å². The molecular weight excluding hydrogens is 323 g/mol. The second kappa shape index (κ2) is 7.63. The number of nitrogens with two attached hydrogens (primary N) is 1. The molecule has 1 saturated heterocycles. The van der Waals surface area contributed by atoms with E-state index >= 15 is 0 Å². The van der Waals surface area contributed by atoms with Gasteiger partial charge in [-0.1, -0.05) is 24.3 Å². The first-order chi connectivity index (χ1) is 12.0. The molecule has 2 unspecified atom stereocenters. The third-order valence-corrected chi connectivity index (χ3v) is 4.31. The SMILES string of the molecule is NC(=O)C1CC(O)CN1Cc1ccc(OCc2cccc(F)c2)cc1. The molecule has 0 bridgehead atoms. The molecule has 1 aliphatic heterocycles. The van der Waals surface area contributed by atoms with Crippen molar-refractivity contribution < 1.29 is 19.0 Å². The van der Waals surface area contributed by atoms with Gasteiger partial charge in [-0.25, -0.2) is 4.39 Å². The molecule has 0 spiro atoms. The van der Waals surface area contributed by atoms with E-state index in [1.165, 1.54) is 12.1 Å². The first-order valence-electron chi connectivity index (χ1n) is 8.19. The predicted octanol–water partition coefficient (Wildman–Crippen LogP) is 1.83. The largest absolute Gasteiger partial charge is 0.489 e. The molecule has 2 aromatic carbocycles. The fourth-order valence-electron chi connectivity index (χ4n) is 3.07. The van der Waals surface area contributed by atoms with Crippen LogP contribution in [-0.2, 0) is 17.9 Å². The summed E-state index contributed by atoms with van der Waals surface area (Å²) in [4.78, 5) is 13.4. The van der Waals surface area contributed by atoms with Gasteiger partial charge in [0.2, 0.25) is 5.91 Å². The molecular formula is C19H21FN2O3. The summed E-state index contributed by atoms with van der Waals surface area (Å²) in [5.74, 6) is -0.0132. The van der Waals surface area contributed by atoms with Crippen molar-refractivity contribution in [3.05, 3.63) is 65.5 Å². The molecule has 2 atom stereocenters. The van der Waals surface area contributed by atoms with E-state index < -0.39 is 18.1 Å². The highest BCUT2D eigenvalue weighted by Crippen LogP contribution is 2.22. The number of amides is 1. The minimum Gasteiger partial charge on any atom is -0.489 e. The zero-order chi connectivity index (χ0) is 17.8. The maximum absolute atomic E-state index is 13.1. The number of ether oxygens (including phenoxy) is 1. The van der Waals surface area contributed by atoms with E-state index in [4.69, 9.17) is 10.5 Å². The van der Waals surface area contributed by atoms with Gasteiger partial charge in [-0.2, -0.15) is 0 Å².